The van der Waals surface area contributed by atoms with Gasteiger partial charge in [-0.3, -0.25) is 4.79 Å². The van der Waals surface area contributed by atoms with Gasteiger partial charge in [-0.25, -0.2) is 0 Å². The third-order valence-electron chi connectivity index (χ3n) is 1.84. The van der Waals surface area contributed by atoms with E-state index in [0.29, 0.717) is 13.0 Å². The highest BCUT2D eigenvalue weighted by atomic mass is 35.5. The summed E-state index contributed by atoms with van der Waals surface area (Å²) in [4.78, 5) is 11.1. The third kappa shape index (κ3) is 9.68. The van der Waals surface area contributed by atoms with Crippen molar-refractivity contribution >= 4 is 17.5 Å². The van der Waals surface area contributed by atoms with E-state index >= 15 is 0 Å². The fraction of sp³-hybridized carbons (Fsp3) is 0.900. The fourth-order valence-electron chi connectivity index (χ4n) is 1.06. The van der Waals surface area contributed by atoms with Gasteiger partial charge in [0.05, 0.1) is 0 Å². The minimum Gasteiger partial charge on any atom is -0.355 e. The highest BCUT2D eigenvalue weighted by molar-refractivity contribution is 6.20. The molecule has 0 fully saturated rings. The molecule has 0 heterocycles. The molecule has 0 bridgehead atoms. The van der Waals surface area contributed by atoms with Crippen molar-refractivity contribution in [3.05, 3.63) is 0 Å². The second-order valence-electron chi connectivity index (χ2n) is 3.40. The van der Waals surface area contributed by atoms with Crippen molar-refractivity contribution in [3.63, 3.8) is 0 Å². The van der Waals surface area contributed by atoms with E-state index in [1.165, 1.54) is 12.8 Å². The molecule has 78 valence electrons. The van der Waals surface area contributed by atoms with E-state index < -0.39 is 0 Å². The van der Waals surface area contributed by atoms with Gasteiger partial charge in [-0.1, -0.05) is 26.2 Å². The van der Waals surface area contributed by atoms with Crippen molar-refractivity contribution in [1.82, 2.24) is 5.32 Å². The first-order chi connectivity index (χ1) is 6.16. The second-order valence-corrected chi connectivity index (χ2v) is 4.14. The average Bonchev–Trinajstić information content (AvgIpc) is 2.09. The van der Waals surface area contributed by atoms with Gasteiger partial charge in [0.15, 0.2) is 0 Å². The highest BCUT2D eigenvalue weighted by Gasteiger charge is 2.01. The van der Waals surface area contributed by atoms with E-state index in [1.54, 1.807) is 0 Å². The van der Waals surface area contributed by atoms with E-state index in [1.807, 2.05) is 6.92 Å². The van der Waals surface area contributed by atoms with Crippen LogP contribution >= 0.6 is 11.6 Å². The normalized spacial score (nSPS) is 12.5. The molecule has 13 heavy (non-hydrogen) atoms. The molecule has 0 saturated carbocycles. The van der Waals surface area contributed by atoms with Gasteiger partial charge < -0.3 is 5.32 Å². The summed E-state index contributed by atoms with van der Waals surface area (Å²) < 4.78 is 0. The maximum atomic E-state index is 11.1. The number of nitrogens with one attached hydrogen (secondary N) is 1. The lowest BCUT2D eigenvalue weighted by molar-refractivity contribution is -0.121. The molecule has 0 aromatic heterocycles. The van der Waals surface area contributed by atoms with Gasteiger partial charge in [0.2, 0.25) is 5.91 Å². The Labute approximate surface area is 86.0 Å². The molecule has 0 aromatic carbocycles. The molecule has 1 unspecified atom stereocenters. The Balaban J connectivity index is 3.20. The Morgan fingerprint density at radius 3 is 2.62 bits per heavy atom. The van der Waals surface area contributed by atoms with E-state index in [4.69, 9.17) is 11.6 Å². The van der Waals surface area contributed by atoms with Crippen molar-refractivity contribution in [2.75, 3.05) is 6.54 Å². The lowest BCUT2D eigenvalue weighted by Crippen LogP contribution is -2.28. The first kappa shape index (κ1) is 12.8. The quantitative estimate of drug-likeness (QED) is 0.503. The van der Waals surface area contributed by atoms with E-state index in [9.17, 15) is 4.79 Å². The maximum Gasteiger partial charge on any atom is 0.220 e. The van der Waals surface area contributed by atoms with Crippen LogP contribution in [0.4, 0.5) is 0 Å². The summed E-state index contributed by atoms with van der Waals surface area (Å²) in [6.07, 6.45) is 5.22. The summed E-state index contributed by atoms with van der Waals surface area (Å²) in [5.41, 5.74) is 0. The van der Waals surface area contributed by atoms with Crippen LogP contribution in [0.5, 0.6) is 0 Å². The summed E-state index contributed by atoms with van der Waals surface area (Å²) in [6, 6.07) is 0. The predicted molar refractivity (Wildman–Crippen MR) is 57.1 cm³/mol. The molecule has 0 saturated heterocycles. The topological polar surface area (TPSA) is 29.1 Å². The Morgan fingerprint density at radius 2 is 2.08 bits per heavy atom. The molecule has 2 nitrogen and oxygen atoms in total. The van der Waals surface area contributed by atoms with Gasteiger partial charge in [0.1, 0.15) is 0 Å². The Kier molecular flexibility index (Phi) is 8.21. The van der Waals surface area contributed by atoms with Gasteiger partial charge in [-0.2, -0.15) is 0 Å². The van der Waals surface area contributed by atoms with Gasteiger partial charge in [-0.15, -0.1) is 11.6 Å². The van der Waals surface area contributed by atoms with Crippen LogP contribution < -0.4 is 5.32 Å². The van der Waals surface area contributed by atoms with Crippen molar-refractivity contribution < 1.29 is 4.79 Å². The second kappa shape index (κ2) is 8.36. The average molecular weight is 206 g/mol. The van der Waals surface area contributed by atoms with Gasteiger partial charge in [-0.05, 0) is 13.3 Å². The molecule has 0 aromatic rings. The van der Waals surface area contributed by atoms with Gasteiger partial charge in [0, 0.05) is 18.3 Å². The Morgan fingerprint density at radius 1 is 1.38 bits per heavy atom. The van der Waals surface area contributed by atoms with E-state index in [-0.39, 0.29) is 11.3 Å². The van der Waals surface area contributed by atoms with Gasteiger partial charge in [0.25, 0.3) is 0 Å². The molecule has 0 aliphatic rings. The minimum absolute atomic E-state index is 0.0274. The monoisotopic (exact) mass is 205 g/mol. The van der Waals surface area contributed by atoms with E-state index in [0.717, 1.165) is 12.8 Å². The molecule has 0 aliphatic carbocycles. The van der Waals surface area contributed by atoms with Crippen molar-refractivity contribution in [2.45, 2.75) is 51.3 Å². The smallest absolute Gasteiger partial charge is 0.220 e. The van der Waals surface area contributed by atoms with Gasteiger partial charge >= 0.3 is 0 Å². The number of carbonyl (C=O) groups excluding carboxylic acids is 1. The van der Waals surface area contributed by atoms with Crippen LogP contribution in [0.15, 0.2) is 0 Å². The van der Waals surface area contributed by atoms with Crippen LogP contribution in [-0.2, 0) is 4.79 Å². The molecule has 1 atom stereocenters. The highest BCUT2D eigenvalue weighted by Crippen LogP contribution is 2.02. The summed E-state index contributed by atoms with van der Waals surface area (Å²) in [5.74, 6) is 0.128. The first-order valence-corrected chi connectivity index (χ1v) is 5.51. The van der Waals surface area contributed by atoms with Crippen molar-refractivity contribution in [1.29, 1.82) is 0 Å². The first-order valence-electron chi connectivity index (χ1n) is 5.07. The summed E-state index contributed by atoms with van der Waals surface area (Å²) >= 11 is 5.69. The molecule has 0 radical (unpaired) electrons. The third-order valence-corrected chi connectivity index (χ3v) is 1.99. The number of hydrogen-bond donors (Lipinski definition) is 1. The maximum absolute atomic E-state index is 11.1. The summed E-state index contributed by atoms with van der Waals surface area (Å²) in [5, 5.41) is 2.82. The van der Waals surface area contributed by atoms with Crippen LogP contribution in [0.3, 0.4) is 0 Å². The number of unbranched alkanes of at least 4 members (excludes halogenated alkanes) is 3. The number of amides is 1. The van der Waals surface area contributed by atoms with Crippen LogP contribution in [0.25, 0.3) is 0 Å². The van der Waals surface area contributed by atoms with Crippen LogP contribution in [0.2, 0.25) is 0 Å². The molecule has 1 N–H and O–H groups in total. The number of hydrogen-bond acceptors (Lipinski definition) is 1. The zero-order chi connectivity index (χ0) is 10.1. The number of carbonyl (C=O) groups is 1. The standard InChI is InChI=1S/C10H20ClNO/c1-3-4-5-6-7-10(13)12-8-9(2)11/h9H,3-8H2,1-2H3,(H,12,13). The van der Waals surface area contributed by atoms with Crippen LogP contribution in [0.1, 0.15) is 46.0 Å². The Hall–Kier alpha value is -0.240. The molecule has 3 heteroatoms. The summed E-state index contributed by atoms with van der Waals surface area (Å²) in [6.45, 7) is 4.61. The zero-order valence-electron chi connectivity index (χ0n) is 8.61. The molecule has 1 amide bonds. The molecule has 0 aliphatic heterocycles. The van der Waals surface area contributed by atoms with E-state index in [2.05, 4.69) is 12.2 Å². The summed E-state index contributed by atoms with van der Waals surface area (Å²) in [7, 11) is 0. The SMILES string of the molecule is CCCCCCC(=O)NCC(C)Cl. The van der Waals surface area contributed by atoms with Crippen LogP contribution in [0, 0.1) is 0 Å². The number of alkyl halides is 1. The van der Waals surface area contributed by atoms with Crippen molar-refractivity contribution in [2.24, 2.45) is 0 Å². The molecule has 0 spiro atoms. The van der Waals surface area contributed by atoms with Crippen molar-refractivity contribution in [3.8, 4) is 0 Å². The predicted octanol–water partition coefficient (Wildman–Crippen LogP) is 2.70. The number of rotatable bonds is 7. The number of halogens is 1. The lowest BCUT2D eigenvalue weighted by Gasteiger charge is -2.05. The molecule has 0 rings (SSSR count). The fourth-order valence-corrected chi connectivity index (χ4v) is 1.13. The molecular weight excluding hydrogens is 186 g/mol. The van der Waals surface area contributed by atoms with Crippen LogP contribution in [-0.4, -0.2) is 17.8 Å². The molecular formula is C10H20ClNO. The zero-order valence-corrected chi connectivity index (χ0v) is 9.36. The Bertz CT molecular complexity index is 137. The largest absolute Gasteiger partial charge is 0.355 e. The lowest BCUT2D eigenvalue weighted by atomic mass is 10.1. The minimum atomic E-state index is 0.0274.